The molecule has 3 rings (SSSR count). The molecule has 0 saturated heterocycles. The zero-order chi connectivity index (χ0) is 16.2. The Kier molecular flexibility index (Phi) is 5.06. The molecular weight excluding hydrogens is 316 g/mol. The van der Waals surface area contributed by atoms with Gasteiger partial charge >= 0.3 is 0 Å². The fraction of sp³-hybridized carbons (Fsp3) is 0.529. The van der Waals surface area contributed by atoms with Gasteiger partial charge in [-0.25, -0.2) is 0 Å². The van der Waals surface area contributed by atoms with E-state index in [-0.39, 0.29) is 23.7 Å². The van der Waals surface area contributed by atoms with E-state index in [4.69, 9.17) is 16.3 Å². The SMILES string of the molecule is O=C(NNC(=O)[C@H]1COc2ccc(Cl)cc2C1)C1CCCCC1. The lowest BCUT2D eigenvalue weighted by molar-refractivity contribution is -0.134. The van der Waals surface area contributed by atoms with Crippen molar-refractivity contribution in [3.63, 3.8) is 0 Å². The summed E-state index contributed by atoms with van der Waals surface area (Å²) in [5.74, 6) is 0.154. The van der Waals surface area contributed by atoms with Crippen LogP contribution in [0.15, 0.2) is 18.2 Å². The molecule has 1 heterocycles. The number of carbonyl (C=O) groups excluding carboxylic acids is 2. The zero-order valence-corrected chi connectivity index (χ0v) is 13.7. The molecule has 1 aromatic carbocycles. The molecule has 1 aliphatic carbocycles. The van der Waals surface area contributed by atoms with Crippen LogP contribution < -0.4 is 15.6 Å². The number of rotatable bonds is 2. The Morgan fingerprint density at radius 3 is 2.48 bits per heavy atom. The fourth-order valence-corrected chi connectivity index (χ4v) is 3.42. The Labute approximate surface area is 140 Å². The molecule has 0 unspecified atom stereocenters. The predicted octanol–water partition coefficient (Wildman–Crippen LogP) is 2.62. The Balaban J connectivity index is 1.52. The lowest BCUT2D eigenvalue weighted by Crippen LogP contribution is -2.49. The highest BCUT2D eigenvalue weighted by Crippen LogP contribution is 2.29. The number of hydrogen-bond donors (Lipinski definition) is 2. The Bertz CT molecular complexity index is 600. The average molecular weight is 337 g/mol. The van der Waals surface area contributed by atoms with Crippen molar-refractivity contribution >= 4 is 23.4 Å². The number of hydrogen-bond acceptors (Lipinski definition) is 3. The number of ether oxygens (including phenoxy) is 1. The molecule has 124 valence electrons. The van der Waals surface area contributed by atoms with Crippen LogP contribution in [0.1, 0.15) is 37.7 Å². The van der Waals surface area contributed by atoms with Crippen LogP contribution >= 0.6 is 11.6 Å². The first-order valence-corrected chi connectivity index (χ1v) is 8.52. The summed E-state index contributed by atoms with van der Waals surface area (Å²) in [7, 11) is 0. The van der Waals surface area contributed by atoms with Crippen LogP contribution in [0, 0.1) is 11.8 Å². The quantitative estimate of drug-likeness (QED) is 0.816. The van der Waals surface area contributed by atoms with Crippen molar-refractivity contribution in [2.45, 2.75) is 38.5 Å². The summed E-state index contributed by atoms with van der Waals surface area (Å²) < 4.78 is 5.60. The molecule has 23 heavy (non-hydrogen) atoms. The number of halogens is 1. The first kappa shape index (κ1) is 16.1. The van der Waals surface area contributed by atoms with Gasteiger partial charge in [0.2, 0.25) is 11.8 Å². The van der Waals surface area contributed by atoms with Gasteiger partial charge in [-0.3, -0.25) is 20.4 Å². The van der Waals surface area contributed by atoms with Gasteiger partial charge in [0.1, 0.15) is 12.4 Å². The Morgan fingerprint density at radius 1 is 1.04 bits per heavy atom. The van der Waals surface area contributed by atoms with Crippen LogP contribution in [-0.4, -0.2) is 18.4 Å². The van der Waals surface area contributed by atoms with E-state index in [2.05, 4.69) is 10.9 Å². The molecule has 2 N–H and O–H groups in total. The standard InChI is InChI=1S/C17H21ClN2O3/c18-14-6-7-15-12(9-14)8-13(10-23-15)17(22)20-19-16(21)11-4-2-1-3-5-11/h6-7,9,11,13H,1-5,8,10H2,(H,19,21)(H,20,22)/t13-/m1/s1. The number of amides is 2. The van der Waals surface area contributed by atoms with Gasteiger partial charge in [0.25, 0.3) is 0 Å². The summed E-state index contributed by atoms with van der Waals surface area (Å²) in [6.07, 6.45) is 5.72. The lowest BCUT2D eigenvalue weighted by atomic mass is 9.89. The highest BCUT2D eigenvalue weighted by atomic mass is 35.5. The number of fused-ring (bicyclic) bond motifs is 1. The molecule has 6 heteroatoms. The van der Waals surface area contributed by atoms with E-state index in [1.54, 1.807) is 6.07 Å². The third-order valence-corrected chi connectivity index (χ3v) is 4.82. The number of nitrogens with one attached hydrogen (secondary N) is 2. The molecule has 1 saturated carbocycles. The second kappa shape index (κ2) is 7.21. The van der Waals surface area contributed by atoms with Gasteiger partial charge in [-0.1, -0.05) is 30.9 Å². The molecule has 2 amide bonds. The van der Waals surface area contributed by atoms with Crippen LogP contribution in [0.3, 0.4) is 0 Å². The highest BCUT2D eigenvalue weighted by molar-refractivity contribution is 6.30. The van der Waals surface area contributed by atoms with Gasteiger partial charge in [-0.05, 0) is 43.0 Å². The van der Waals surface area contributed by atoms with E-state index in [1.165, 1.54) is 6.42 Å². The number of benzene rings is 1. The van der Waals surface area contributed by atoms with Crippen molar-refractivity contribution in [1.82, 2.24) is 10.9 Å². The van der Waals surface area contributed by atoms with Crippen molar-refractivity contribution in [2.24, 2.45) is 11.8 Å². The maximum Gasteiger partial charge on any atom is 0.245 e. The Hall–Kier alpha value is -1.75. The van der Waals surface area contributed by atoms with Gasteiger partial charge in [0, 0.05) is 10.9 Å². The van der Waals surface area contributed by atoms with E-state index in [0.29, 0.717) is 18.1 Å². The highest BCUT2D eigenvalue weighted by Gasteiger charge is 2.27. The van der Waals surface area contributed by atoms with Crippen molar-refractivity contribution in [3.05, 3.63) is 28.8 Å². The fourth-order valence-electron chi connectivity index (χ4n) is 3.22. The molecule has 1 fully saturated rings. The molecule has 1 aliphatic heterocycles. The van der Waals surface area contributed by atoms with Crippen molar-refractivity contribution in [1.29, 1.82) is 0 Å². The summed E-state index contributed by atoms with van der Waals surface area (Å²) in [5, 5.41) is 0.624. The predicted molar refractivity (Wildman–Crippen MR) is 87.0 cm³/mol. The van der Waals surface area contributed by atoms with Crippen molar-refractivity contribution in [3.8, 4) is 5.75 Å². The lowest BCUT2D eigenvalue weighted by Gasteiger charge is -2.25. The maximum absolute atomic E-state index is 12.2. The third kappa shape index (κ3) is 3.96. The van der Waals surface area contributed by atoms with Gasteiger partial charge < -0.3 is 4.74 Å². The zero-order valence-electron chi connectivity index (χ0n) is 12.9. The van der Waals surface area contributed by atoms with Crippen molar-refractivity contribution in [2.75, 3.05) is 6.61 Å². The van der Waals surface area contributed by atoms with Crippen LogP contribution in [0.25, 0.3) is 0 Å². The average Bonchev–Trinajstić information content (AvgIpc) is 2.59. The summed E-state index contributed by atoms with van der Waals surface area (Å²) in [4.78, 5) is 24.3. The Morgan fingerprint density at radius 2 is 1.74 bits per heavy atom. The summed E-state index contributed by atoms with van der Waals surface area (Å²) in [6.45, 7) is 0.305. The molecular formula is C17H21ClN2O3. The molecule has 2 aliphatic rings. The van der Waals surface area contributed by atoms with Gasteiger partial charge in [0.15, 0.2) is 0 Å². The second-order valence-corrected chi connectivity index (χ2v) is 6.71. The first-order chi connectivity index (χ1) is 11.1. The molecule has 1 atom stereocenters. The second-order valence-electron chi connectivity index (χ2n) is 6.28. The summed E-state index contributed by atoms with van der Waals surface area (Å²) >= 11 is 5.98. The maximum atomic E-state index is 12.2. The molecule has 0 bridgehead atoms. The minimum absolute atomic E-state index is 0.0196. The summed E-state index contributed by atoms with van der Waals surface area (Å²) in [5.41, 5.74) is 6.03. The number of carbonyl (C=O) groups is 2. The van der Waals surface area contributed by atoms with Gasteiger partial charge in [-0.15, -0.1) is 0 Å². The minimum atomic E-state index is -0.326. The molecule has 1 aromatic rings. The normalized spacial score (nSPS) is 21.0. The van der Waals surface area contributed by atoms with E-state index in [1.807, 2.05) is 12.1 Å². The monoisotopic (exact) mass is 336 g/mol. The van der Waals surface area contributed by atoms with Crippen LogP contribution in [0.2, 0.25) is 5.02 Å². The molecule has 5 nitrogen and oxygen atoms in total. The molecule has 0 radical (unpaired) electrons. The van der Waals surface area contributed by atoms with Gasteiger partial charge in [-0.2, -0.15) is 0 Å². The molecule has 0 aromatic heterocycles. The molecule has 0 spiro atoms. The van der Waals surface area contributed by atoms with E-state index in [0.717, 1.165) is 37.0 Å². The van der Waals surface area contributed by atoms with E-state index >= 15 is 0 Å². The van der Waals surface area contributed by atoms with E-state index in [9.17, 15) is 9.59 Å². The first-order valence-electron chi connectivity index (χ1n) is 8.14. The number of hydrazine groups is 1. The smallest absolute Gasteiger partial charge is 0.245 e. The van der Waals surface area contributed by atoms with Gasteiger partial charge in [0.05, 0.1) is 5.92 Å². The largest absolute Gasteiger partial charge is 0.492 e. The van der Waals surface area contributed by atoms with Crippen molar-refractivity contribution < 1.29 is 14.3 Å². The van der Waals surface area contributed by atoms with Crippen LogP contribution in [0.4, 0.5) is 0 Å². The summed E-state index contributed by atoms with van der Waals surface area (Å²) in [6, 6.07) is 5.40. The van der Waals surface area contributed by atoms with E-state index < -0.39 is 0 Å². The minimum Gasteiger partial charge on any atom is -0.492 e. The van der Waals surface area contributed by atoms with Crippen LogP contribution in [-0.2, 0) is 16.0 Å². The third-order valence-electron chi connectivity index (χ3n) is 4.58. The topological polar surface area (TPSA) is 67.4 Å². The van der Waals surface area contributed by atoms with Crippen LogP contribution in [0.5, 0.6) is 5.75 Å².